The maximum atomic E-state index is 13.1. The Hall–Kier alpha value is -2.95. The molecule has 0 saturated heterocycles. The summed E-state index contributed by atoms with van der Waals surface area (Å²) < 4.78 is 16.0. The first-order chi connectivity index (χ1) is 12.9. The highest BCUT2D eigenvalue weighted by molar-refractivity contribution is 6.11. The van der Waals surface area contributed by atoms with Gasteiger partial charge in [0, 0.05) is 30.9 Å². The van der Waals surface area contributed by atoms with Crippen LogP contribution in [0.2, 0.25) is 0 Å². The summed E-state index contributed by atoms with van der Waals surface area (Å²) in [4.78, 5) is 15.1. The molecule has 27 heavy (non-hydrogen) atoms. The molecule has 0 saturated carbocycles. The van der Waals surface area contributed by atoms with Crippen molar-refractivity contribution in [3.05, 3.63) is 53.1 Å². The Balaban J connectivity index is 2.41. The van der Waals surface area contributed by atoms with Gasteiger partial charge in [0.15, 0.2) is 17.3 Å². The normalized spacial score (nSPS) is 11.1. The largest absolute Gasteiger partial charge is 0.493 e. The van der Waals surface area contributed by atoms with Crippen LogP contribution in [0.1, 0.15) is 29.3 Å². The van der Waals surface area contributed by atoms with E-state index < -0.39 is 0 Å². The van der Waals surface area contributed by atoms with Crippen molar-refractivity contribution in [1.29, 1.82) is 0 Å². The zero-order valence-corrected chi connectivity index (χ0v) is 16.8. The quantitative estimate of drug-likeness (QED) is 0.508. The molecule has 0 aliphatic rings. The number of allylic oxidation sites excluding steroid dienone is 1. The lowest BCUT2D eigenvalue weighted by Crippen LogP contribution is -2.08. The third kappa shape index (κ3) is 4.61. The summed E-state index contributed by atoms with van der Waals surface area (Å²) in [6.07, 6.45) is 2.54. The number of nitrogens with zero attached hydrogens (tertiary/aromatic N) is 1. The predicted octanol–water partition coefficient (Wildman–Crippen LogP) is 4.45. The average Bonchev–Trinajstić information content (AvgIpc) is 2.70. The van der Waals surface area contributed by atoms with E-state index in [0.29, 0.717) is 34.8 Å². The van der Waals surface area contributed by atoms with Crippen LogP contribution in [0.15, 0.2) is 42.0 Å². The Labute approximate surface area is 161 Å². The molecule has 0 atom stereocenters. The first-order valence-corrected chi connectivity index (χ1v) is 8.77. The van der Waals surface area contributed by atoms with Crippen LogP contribution in [-0.2, 0) is 0 Å². The zero-order valence-electron chi connectivity index (χ0n) is 16.8. The molecule has 5 heteroatoms. The first-order valence-electron chi connectivity index (χ1n) is 8.77. The molecule has 144 valence electrons. The van der Waals surface area contributed by atoms with Crippen LogP contribution in [0.3, 0.4) is 0 Å². The lowest BCUT2D eigenvalue weighted by molar-refractivity contribution is 0.103. The number of rotatable bonds is 8. The topological polar surface area (TPSA) is 48.0 Å². The summed E-state index contributed by atoms with van der Waals surface area (Å²) in [5, 5.41) is 0. The van der Waals surface area contributed by atoms with Gasteiger partial charge in [-0.15, -0.1) is 0 Å². The van der Waals surface area contributed by atoms with E-state index in [1.165, 1.54) is 21.3 Å². The minimum atomic E-state index is -0.0616. The molecule has 5 nitrogen and oxygen atoms in total. The van der Waals surface area contributed by atoms with Gasteiger partial charge in [0.1, 0.15) is 0 Å². The van der Waals surface area contributed by atoms with Gasteiger partial charge in [0.25, 0.3) is 0 Å². The third-order valence-electron chi connectivity index (χ3n) is 4.35. The number of anilines is 1. The van der Waals surface area contributed by atoms with Crippen molar-refractivity contribution in [2.45, 2.75) is 13.3 Å². The van der Waals surface area contributed by atoms with Crippen molar-refractivity contribution in [3.8, 4) is 17.2 Å². The number of hydrogen-bond acceptors (Lipinski definition) is 5. The number of hydrogen-bond donors (Lipinski definition) is 0. The molecule has 0 radical (unpaired) electrons. The van der Waals surface area contributed by atoms with Crippen LogP contribution in [0, 0.1) is 0 Å². The molecule has 2 aromatic carbocycles. The summed E-state index contributed by atoms with van der Waals surface area (Å²) in [5.74, 6) is 1.34. The molecule has 0 aliphatic carbocycles. The van der Waals surface area contributed by atoms with Gasteiger partial charge >= 0.3 is 0 Å². The number of ether oxygens (including phenoxy) is 3. The fourth-order valence-corrected chi connectivity index (χ4v) is 2.80. The van der Waals surface area contributed by atoms with Crippen molar-refractivity contribution < 1.29 is 19.0 Å². The van der Waals surface area contributed by atoms with Gasteiger partial charge in [-0.3, -0.25) is 4.79 Å². The molecule has 0 aromatic heterocycles. The highest BCUT2D eigenvalue weighted by atomic mass is 16.5. The van der Waals surface area contributed by atoms with Gasteiger partial charge in [-0.2, -0.15) is 0 Å². The molecule has 0 bridgehead atoms. The highest BCUT2D eigenvalue weighted by Gasteiger charge is 2.18. The molecular weight excluding hydrogens is 342 g/mol. The van der Waals surface area contributed by atoms with Gasteiger partial charge in [0.2, 0.25) is 5.75 Å². The lowest BCUT2D eigenvalue weighted by Gasteiger charge is -2.14. The Morgan fingerprint density at radius 3 is 1.93 bits per heavy atom. The molecule has 0 N–H and O–H groups in total. The van der Waals surface area contributed by atoms with Gasteiger partial charge < -0.3 is 19.1 Å². The number of Topliss-reactive ketones (excluding diaryl/α,β-unsaturated/α-hetero) is 1. The SMILES string of the molecule is CC/C(=C\c1ccc(N(C)C)cc1)C(=O)c1cc(OC)c(OC)c(OC)c1. The summed E-state index contributed by atoms with van der Waals surface area (Å²) >= 11 is 0. The number of carbonyl (C=O) groups is 1. The Morgan fingerprint density at radius 1 is 0.963 bits per heavy atom. The van der Waals surface area contributed by atoms with E-state index in [4.69, 9.17) is 14.2 Å². The Kier molecular flexibility index (Phi) is 6.88. The number of methoxy groups -OCH3 is 3. The third-order valence-corrected chi connectivity index (χ3v) is 4.35. The highest BCUT2D eigenvalue weighted by Crippen LogP contribution is 2.38. The molecule has 0 amide bonds. The Morgan fingerprint density at radius 2 is 1.52 bits per heavy atom. The van der Waals surface area contributed by atoms with E-state index in [9.17, 15) is 4.79 Å². The predicted molar refractivity (Wildman–Crippen MR) is 109 cm³/mol. The van der Waals surface area contributed by atoms with Crippen LogP contribution in [0.5, 0.6) is 17.2 Å². The molecule has 0 fully saturated rings. The molecular formula is C22H27NO4. The maximum absolute atomic E-state index is 13.1. The molecule has 2 aromatic rings. The van der Waals surface area contributed by atoms with Crippen LogP contribution in [0.25, 0.3) is 6.08 Å². The van der Waals surface area contributed by atoms with Gasteiger partial charge in [0.05, 0.1) is 21.3 Å². The molecule has 0 aliphatic heterocycles. The Bertz CT molecular complexity index is 798. The molecule has 2 rings (SSSR count). The monoisotopic (exact) mass is 369 g/mol. The summed E-state index contributed by atoms with van der Waals surface area (Å²) in [5.41, 5.74) is 3.31. The van der Waals surface area contributed by atoms with E-state index in [1.807, 2.05) is 56.3 Å². The van der Waals surface area contributed by atoms with E-state index in [2.05, 4.69) is 0 Å². The average molecular weight is 369 g/mol. The second kappa shape index (κ2) is 9.12. The molecule has 0 heterocycles. The van der Waals surface area contributed by atoms with Crippen molar-refractivity contribution in [3.63, 3.8) is 0 Å². The maximum Gasteiger partial charge on any atom is 0.203 e. The zero-order chi connectivity index (χ0) is 20.0. The van der Waals surface area contributed by atoms with Gasteiger partial charge in [-0.05, 0) is 42.3 Å². The van der Waals surface area contributed by atoms with Crippen LogP contribution < -0.4 is 19.1 Å². The van der Waals surface area contributed by atoms with Crippen molar-refractivity contribution in [2.24, 2.45) is 0 Å². The minimum absolute atomic E-state index is 0.0616. The lowest BCUT2D eigenvalue weighted by atomic mass is 9.98. The second-order valence-corrected chi connectivity index (χ2v) is 6.25. The van der Waals surface area contributed by atoms with E-state index >= 15 is 0 Å². The fraction of sp³-hybridized carbons (Fsp3) is 0.318. The fourth-order valence-electron chi connectivity index (χ4n) is 2.80. The van der Waals surface area contributed by atoms with E-state index in [1.54, 1.807) is 12.1 Å². The number of benzene rings is 2. The van der Waals surface area contributed by atoms with Gasteiger partial charge in [-0.25, -0.2) is 0 Å². The number of ketones is 1. The summed E-state index contributed by atoms with van der Waals surface area (Å²) in [7, 11) is 8.60. The summed E-state index contributed by atoms with van der Waals surface area (Å²) in [6.45, 7) is 1.97. The van der Waals surface area contributed by atoms with Crippen LogP contribution >= 0.6 is 0 Å². The first kappa shape index (κ1) is 20.4. The van der Waals surface area contributed by atoms with Crippen molar-refractivity contribution in [1.82, 2.24) is 0 Å². The van der Waals surface area contributed by atoms with Crippen LogP contribution in [-0.4, -0.2) is 41.2 Å². The second-order valence-electron chi connectivity index (χ2n) is 6.25. The van der Waals surface area contributed by atoms with Crippen molar-refractivity contribution >= 4 is 17.5 Å². The molecule has 0 spiro atoms. The summed E-state index contributed by atoms with van der Waals surface area (Å²) in [6, 6.07) is 11.4. The standard InChI is InChI=1S/C22H27NO4/c1-7-16(12-15-8-10-18(11-9-15)23(2)3)21(24)17-13-19(25-4)22(27-6)20(14-17)26-5/h8-14H,7H2,1-6H3/b16-12+. The number of carbonyl (C=O) groups excluding carboxylic acids is 1. The van der Waals surface area contributed by atoms with Gasteiger partial charge in [-0.1, -0.05) is 19.1 Å². The van der Waals surface area contributed by atoms with Crippen LogP contribution in [0.4, 0.5) is 5.69 Å². The smallest absolute Gasteiger partial charge is 0.203 e. The van der Waals surface area contributed by atoms with E-state index in [0.717, 1.165) is 11.3 Å². The van der Waals surface area contributed by atoms with Crippen molar-refractivity contribution in [2.75, 3.05) is 40.3 Å². The minimum Gasteiger partial charge on any atom is -0.493 e. The molecule has 0 unspecified atom stereocenters. The van der Waals surface area contributed by atoms with E-state index in [-0.39, 0.29) is 5.78 Å².